The molecule has 3 N–H and O–H groups in total. The minimum absolute atomic E-state index is 0.00996. The van der Waals surface area contributed by atoms with Gasteiger partial charge in [-0.05, 0) is 73.8 Å². The summed E-state index contributed by atoms with van der Waals surface area (Å²) < 4.78 is 4.92. The van der Waals surface area contributed by atoms with Crippen molar-refractivity contribution < 1.29 is 19.1 Å². The van der Waals surface area contributed by atoms with Gasteiger partial charge in [0.25, 0.3) is 0 Å². The van der Waals surface area contributed by atoms with E-state index < -0.39 is 18.1 Å². The Morgan fingerprint density at radius 3 is 2.26 bits per heavy atom. The molecule has 6 rings (SSSR count). The van der Waals surface area contributed by atoms with Crippen LogP contribution in [0.2, 0.25) is 0 Å². The van der Waals surface area contributed by atoms with Gasteiger partial charge in [0, 0.05) is 28.9 Å². The molecule has 0 radical (unpaired) electrons. The number of benzene rings is 1. The number of carbonyl (C=O) groups is 3. The first-order valence-electron chi connectivity index (χ1n) is 13.0. The fourth-order valence-corrected chi connectivity index (χ4v) is 7.31. The number of carbonyl (C=O) groups excluding carboxylic acids is 3. The molecule has 4 aliphatic carbocycles. The molecule has 0 spiro atoms. The normalized spacial score (nSPS) is 28.6. The highest BCUT2D eigenvalue weighted by Crippen LogP contribution is 2.60. The number of hydrogen-bond donors (Lipinski definition) is 3. The number of esters is 1. The molecule has 0 saturated heterocycles. The Balaban J connectivity index is 1.40. The van der Waals surface area contributed by atoms with Crippen molar-refractivity contribution in [2.45, 2.75) is 70.9 Å². The molecule has 0 unspecified atom stereocenters. The second-order valence-electron chi connectivity index (χ2n) is 11.5. The number of aromatic amines is 1. The lowest BCUT2D eigenvalue weighted by Gasteiger charge is -2.55. The van der Waals surface area contributed by atoms with E-state index in [2.05, 4.69) is 15.6 Å². The van der Waals surface area contributed by atoms with Gasteiger partial charge in [-0.3, -0.25) is 9.59 Å². The number of H-pyrrole nitrogens is 1. The first-order valence-corrected chi connectivity index (χ1v) is 13.0. The van der Waals surface area contributed by atoms with E-state index in [1.165, 1.54) is 26.4 Å². The predicted molar refractivity (Wildman–Crippen MR) is 133 cm³/mol. The summed E-state index contributed by atoms with van der Waals surface area (Å²) in [5.74, 6) is 0.950. The maximum atomic E-state index is 13.8. The molecule has 4 fully saturated rings. The Kier molecular flexibility index (Phi) is 6.36. The van der Waals surface area contributed by atoms with E-state index in [9.17, 15) is 14.4 Å². The van der Waals surface area contributed by atoms with Crippen LogP contribution in [-0.2, 0) is 25.5 Å². The van der Waals surface area contributed by atoms with Gasteiger partial charge in [0.15, 0.2) is 0 Å². The largest absolute Gasteiger partial charge is 0.467 e. The highest BCUT2D eigenvalue weighted by Gasteiger charge is 2.55. The van der Waals surface area contributed by atoms with Crippen molar-refractivity contribution in [3.8, 4) is 0 Å². The third-order valence-corrected chi connectivity index (χ3v) is 8.66. The summed E-state index contributed by atoms with van der Waals surface area (Å²) in [6, 6.07) is 6.39. The van der Waals surface area contributed by atoms with Gasteiger partial charge in [-0.1, -0.05) is 32.0 Å². The first-order chi connectivity index (χ1) is 16.8. The molecule has 0 aliphatic heterocycles. The van der Waals surface area contributed by atoms with Crippen molar-refractivity contribution in [1.29, 1.82) is 0 Å². The third-order valence-electron chi connectivity index (χ3n) is 8.66. The summed E-state index contributed by atoms with van der Waals surface area (Å²) in [6.45, 7) is 3.73. The Morgan fingerprint density at radius 2 is 1.66 bits per heavy atom. The average Bonchev–Trinajstić information content (AvgIpc) is 3.23. The second kappa shape index (κ2) is 9.32. The molecule has 2 atom stereocenters. The van der Waals surface area contributed by atoms with E-state index in [-0.39, 0.29) is 23.1 Å². The summed E-state index contributed by atoms with van der Waals surface area (Å²) in [7, 11) is 1.32. The number of ether oxygens (including phenoxy) is 1. The van der Waals surface area contributed by atoms with E-state index in [1.807, 2.05) is 44.3 Å². The van der Waals surface area contributed by atoms with Crippen molar-refractivity contribution in [3.05, 3.63) is 36.0 Å². The molecule has 2 amide bonds. The Labute approximate surface area is 206 Å². The van der Waals surface area contributed by atoms with Crippen molar-refractivity contribution in [1.82, 2.24) is 15.6 Å². The maximum Gasteiger partial charge on any atom is 0.328 e. The van der Waals surface area contributed by atoms with E-state index >= 15 is 0 Å². The summed E-state index contributed by atoms with van der Waals surface area (Å²) in [5, 5.41) is 7.06. The van der Waals surface area contributed by atoms with Crippen molar-refractivity contribution >= 4 is 28.7 Å². The van der Waals surface area contributed by atoms with Crippen molar-refractivity contribution in [3.63, 3.8) is 0 Å². The van der Waals surface area contributed by atoms with Gasteiger partial charge in [0.2, 0.25) is 11.8 Å². The Morgan fingerprint density at radius 1 is 1.03 bits per heavy atom. The minimum atomic E-state index is -0.777. The third kappa shape index (κ3) is 4.57. The lowest BCUT2D eigenvalue weighted by molar-refractivity contribution is -0.149. The van der Waals surface area contributed by atoms with Crippen LogP contribution in [0.1, 0.15) is 57.9 Å². The predicted octanol–water partition coefficient (Wildman–Crippen LogP) is 3.73. The fourth-order valence-electron chi connectivity index (χ4n) is 7.31. The molecule has 4 bridgehead atoms. The van der Waals surface area contributed by atoms with Gasteiger partial charge in [0.05, 0.1) is 7.11 Å². The van der Waals surface area contributed by atoms with Crippen LogP contribution in [0.25, 0.3) is 10.9 Å². The molecule has 1 heterocycles. The number of fused-ring (bicyclic) bond motifs is 1. The van der Waals surface area contributed by atoms with E-state index in [1.54, 1.807) is 0 Å². The van der Waals surface area contributed by atoms with Crippen LogP contribution in [0, 0.1) is 29.1 Å². The number of nitrogens with one attached hydrogen (secondary N) is 3. The minimum Gasteiger partial charge on any atom is -0.467 e. The Hall–Kier alpha value is -2.83. The van der Waals surface area contributed by atoms with Gasteiger partial charge < -0.3 is 20.4 Å². The molecule has 4 saturated carbocycles. The molecule has 35 heavy (non-hydrogen) atoms. The van der Waals surface area contributed by atoms with E-state index in [4.69, 9.17) is 4.74 Å². The van der Waals surface area contributed by atoms with Crippen LogP contribution in [0.15, 0.2) is 30.5 Å². The second-order valence-corrected chi connectivity index (χ2v) is 11.5. The van der Waals surface area contributed by atoms with Crippen LogP contribution in [-0.4, -0.2) is 42.0 Å². The van der Waals surface area contributed by atoms with Gasteiger partial charge in [0.1, 0.15) is 12.1 Å². The molecular formula is C28H37N3O4. The van der Waals surface area contributed by atoms with E-state index in [0.29, 0.717) is 24.2 Å². The van der Waals surface area contributed by atoms with Gasteiger partial charge in [-0.15, -0.1) is 0 Å². The Bertz CT molecular complexity index is 1090. The summed E-state index contributed by atoms with van der Waals surface area (Å²) in [6.07, 6.45) is 8.81. The highest BCUT2D eigenvalue weighted by atomic mass is 16.5. The quantitative estimate of drug-likeness (QED) is 0.502. The molecular weight excluding hydrogens is 442 g/mol. The average molecular weight is 480 g/mol. The van der Waals surface area contributed by atoms with Gasteiger partial charge >= 0.3 is 5.97 Å². The fraction of sp³-hybridized carbons (Fsp3) is 0.607. The van der Waals surface area contributed by atoms with Crippen LogP contribution in [0.4, 0.5) is 0 Å². The van der Waals surface area contributed by atoms with E-state index in [0.717, 1.165) is 35.7 Å². The summed E-state index contributed by atoms with van der Waals surface area (Å²) >= 11 is 0. The first kappa shape index (κ1) is 23.9. The maximum absolute atomic E-state index is 13.8. The summed E-state index contributed by atoms with van der Waals surface area (Å²) in [4.78, 5) is 43.0. The summed E-state index contributed by atoms with van der Waals surface area (Å²) in [5.41, 5.74) is 1.60. The SMILES string of the molecule is COC(=O)[C@H](NC(=O)[C@@H](Cc1c[nH]c2ccccc12)NC(=O)C12CC3CC(CC(C3)C1)C2)C(C)C. The molecule has 7 nitrogen and oxygen atoms in total. The zero-order chi connectivity index (χ0) is 24.7. The number of para-hydroxylation sites is 1. The number of methoxy groups -OCH3 is 1. The molecule has 1 aromatic carbocycles. The lowest BCUT2D eigenvalue weighted by Crippen LogP contribution is -2.59. The standard InChI is InChI=1S/C28H37N3O4/c1-16(2)24(26(33)35-3)31-25(32)23(11-20-15-29-22-7-5-4-6-21(20)22)30-27(34)28-12-17-8-18(13-28)10-19(9-17)14-28/h4-7,15-19,23-24,29H,8-14H2,1-3H3,(H,30,34)(H,31,32)/t17?,18?,19?,23-,24-,28?/m1/s1. The molecule has 188 valence electrons. The number of amides is 2. The number of aromatic nitrogens is 1. The van der Waals surface area contributed by atoms with Crippen LogP contribution >= 0.6 is 0 Å². The lowest BCUT2D eigenvalue weighted by atomic mass is 9.49. The van der Waals surface area contributed by atoms with Crippen LogP contribution in [0.3, 0.4) is 0 Å². The zero-order valence-corrected chi connectivity index (χ0v) is 20.9. The number of rotatable bonds is 8. The molecule has 4 aliphatic rings. The highest BCUT2D eigenvalue weighted by molar-refractivity contribution is 5.93. The molecule has 7 heteroatoms. The van der Waals surface area contributed by atoms with Gasteiger partial charge in [-0.25, -0.2) is 4.79 Å². The van der Waals surface area contributed by atoms with Crippen LogP contribution in [0.5, 0.6) is 0 Å². The van der Waals surface area contributed by atoms with Gasteiger partial charge in [-0.2, -0.15) is 0 Å². The van der Waals surface area contributed by atoms with Crippen molar-refractivity contribution in [2.75, 3.05) is 7.11 Å². The van der Waals surface area contributed by atoms with Crippen LogP contribution < -0.4 is 10.6 Å². The molecule has 2 aromatic rings. The number of hydrogen-bond acceptors (Lipinski definition) is 4. The smallest absolute Gasteiger partial charge is 0.328 e. The van der Waals surface area contributed by atoms with Crippen molar-refractivity contribution in [2.24, 2.45) is 29.1 Å². The monoisotopic (exact) mass is 479 g/mol. The topological polar surface area (TPSA) is 100 Å². The molecule has 1 aromatic heterocycles. The zero-order valence-electron chi connectivity index (χ0n) is 20.9.